The summed E-state index contributed by atoms with van der Waals surface area (Å²) in [5.74, 6) is 2.76. The minimum absolute atomic E-state index is 0.895. The van der Waals surface area contributed by atoms with Crippen LogP contribution in [0.15, 0.2) is 0 Å². The molecule has 3 unspecified atom stereocenters. The fraction of sp³-hybridized carbons (Fsp3) is 1.00. The molecule has 1 saturated heterocycles. The molecular weight excluding hydrogens is 158 g/mol. The second kappa shape index (κ2) is 4.99. The largest absolute Gasteiger partial charge is 0.303 e. The minimum Gasteiger partial charge on any atom is -0.303 e. The molecule has 0 radical (unpaired) electrons. The van der Waals surface area contributed by atoms with E-state index < -0.39 is 0 Å². The lowest BCUT2D eigenvalue weighted by Crippen LogP contribution is -2.30. The van der Waals surface area contributed by atoms with Gasteiger partial charge in [0.25, 0.3) is 0 Å². The molecule has 0 aromatic carbocycles. The lowest BCUT2D eigenvalue weighted by atomic mass is 9.86. The molecule has 0 bridgehead atoms. The summed E-state index contributed by atoms with van der Waals surface area (Å²) in [6, 6.07) is 0. The maximum absolute atomic E-state index is 2.63. The Bertz CT molecular complexity index is 142. The van der Waals surface area contributed by atoms with Crippen molar-refractivity contribution < 1.29 is 0 Å². The Hall–Kier alpha value is -0.0400. The zero-order valence-electron chi connectivity index (χ0n) is 9.71. The Balaban J connectivity index is 2.57. The number of nitrogens with zero attached hydrogens (tertiary/aromatic N) is 1. The second-order valence-electron chi connectivity index (χ2n) is 4.84. The highest BCUT2D eigenvalue weighted by Gasteiger charge is 2.25. The third-order valence-corrected chi connectivity index (χ3v) is 3.61. The van der Waals surface area contributed by atoms with Crippen molar-refractivity contribution in [2.75, 3.05) is 19.6 Å². The zero-order chi connectivity index (χ0) is 9.84. The van der Waals surface area contributed by atoms with Crippen LogP contribution in [-0.2, 0) is 0 Å². The van der Waals surface area contributed by atoms with Crippen LogP contribution < -0.4 is 0 Å². The molecule has 1 aliphatic heterocycles. The fourth-order valence-electron chi connectivity index (χ4n) is 2.72. The first-order valence-corrected chi connectivity index (χ1v) is 5.89. The Morgan fingerprint density at radius 2 is 1.85 bits per heavy atom. The molecule has 13 heavy (non-hydrogen) atoms. The molecule has 0 aromatic heterocycles. The number of hydrogen-bond donors (Lipinski definition) is 0. The summed E-state index contributed by atoms with van der Waals surface area (Å²) in [5.41, 5.74) is 0. The van der Waals surface area contributed by atoms with Crippen molar-refractivity contribution in [3.8, 4) is 0 Å². The molecular formula is C12H25N. The van der Waals surface area contributed by atoms with Crippen molar-refractivity contribution in [3.05, 3.63) is 0 Å². The average molecular weight is 183 g/mol. The molecule has 0 N–H and O–H groups in total. The summed E-state index contributed by atoms with van der Waals surface area (Å²) in [6.45, 7) is 13.3. The Morgan fingerprint density at radius 3 is 2.38 bits per heavy atom. The van der Waals surface area contributed by atoms with Crippen molar-refractivity contribution in [3.63, 3.8) is 0 Å². The van der Waals surface area contributed by atoms with E-state index in [-0.39, 0.29) is 0 Å². The van der Waals surface area contributed by atoms with E-state index in [0.29, 0.717) is 0 Å². The van der Waals surface area contributed by atoms with E-state index in [1.54, 1.807) is 0 Å². The third-order valence-electron chi connectivity index (χ3n) is 3.61. The summed E-state index contributed by atoms with van der Waals surface area (Å²) in [5, 5.41) is 0. The van der Waals surface area contributed by atoms with Crippen LogP contribution in [0, 0.1) is 17.8 Å². The molecule has 1 nitrogen and oxygen atoms in total. The molecule has 78 valence electrons. The van der Waals surface area contributed by atoms with Gasteiger partial charge in [-0.05, 0) is 30.7 Å². The minimum atomic E-state index is 0.895. The van der Waals surface area contributed by atoms with Gasteiger partial charge in [0.15, 0.2) is 0 Å². The lowest BCUT2D eigenvalue weighted by Gasteiger charge is -2.24. The fourth-order valence-corrected chi connectivity index (χ4v) is 2.72. The van der Waals surface area contributed by atoms with Crippen LogP contribution in [0.4, 0.5) is 0 Å². The molecule has 1 rings (SSSR count). The van der Waals surface area contributed by atoms with Crippen molar-refractivity contribution in [1.82, 2.24) is 4.90 Å². The van der Waals surface area contributed by atoms with Gasteiger partial charge in [-0.25, -0.2) is 0 Å². The summed E-state index contributed by atoms with van der Waals surface area (Å²) >= 11 is 0. The predicted molar refractivity (Wildman–Crippen MR) is 58.8 cm³/mol. The topological polar surface area (TPSA) is 3.24 Å². The highest BCUT2D eigenvalue weighted by molar-refractivity contribution is 4.77. The van der Waals surface area contributed by atoms with Crippen LogP contribution in [0.3, 0.4) is 0 Å². The van der Waals surface area contributed by atoms with Crippen LogP contribution in [0.5, 0.6) is 0 Å². The zero-order valence-corrected chi connectivity index (χ0v) is 9.71. The summed E-state index contributed by atoms with van der Waals surface area (Å²) in [4.78, 5) is 2.63. The highest BCUT2D eigenvalue weighted by Crippen LogP contribution is 2.27. The third kappa shape index (κ3) is 2.98. The number of rotatable bonds is 2. The van der Waals surface area contributed by atoms with Crippen LogP contribution >= 0.6 is 0 Å². The van der Waals surface area contributed by atoms with Gasteiger partial charge in [-0.1, -0.05) is 34.1 Å². The Morgan fingerprint density at radius 1 is 1.15 bits per heavy atom. The van der Waals surface area contributed by atoms with Gasteiger partial charge in [0.05, 0.1) is 0 Å². The van der Waals surface area contributed by atoms with Crippen LogP contribution in [0.25, 0.3) is 0 Å². The quantitative estimate of drug-likeness (QED) is 0.636. The van der Waals surface area contributed by atoms with Crippen molar-refractivity contribution in [2.24, 2.45) is 17.8 Å². The van der Waals surface area contributed by atoms with E-state index in [9.17, 15) is 0 Å². The number of hydrogen-bond acceptors (Lipinski definition) is 1. The van der Waals surface area contributed by atoms with Crippen LogP contribution in [0.2, 0.25) is 0 Å². The molecule has 1 heterocycles. The maximum Gasteiger partial charge on any atom is 0.00121 e. The van der Waals surface area contributed by atoms with Gasteiger partial charge in [0.2, 0.25) is 0 Å². The predicted octanol–water partition coefficient (Wildman–Crippen LogP) is 3.01. The van der Waals surface area contributed by atoms with Crippen molar-refractivity contribution in [1.29, 1.82) is 0 Å². The molecule has 1 heteroatoms. The molecule has 0 saturated carbocycles. The monoisotopic (exact) mass is 183 g/mol. The van der Waals surface area contributed by atoms with Crippen molar-refractivity contribution >= 4 is 0 Å². The van der Waals surface area contributed by atoms with Gasteiger partial charge in [-0.2, -0.15) is 0 Å². The molecule has 1 aliphatic rings. The maximum atomic E-state index is 2.63. The van der Waals surface area contributed by atoms with Gasteiger partial charge in [-0.3, -0.25) is 0 Å². The summed E-state index contributed by atoms with van der Waals surface area (Å²) < 4.78 is 0. The highest BCUT2D eigenvalue weighted by atomic mass is 15.1. The molecule has 0 amide bonds. The first kappa shape index (κ1) is 11.0. The molecule has 0 aromatic rings. The summed E-state index contributed by atoms with van der Waals surface area (Å²) in [7, 11) is 0. The lowest BCUT2D eigenvalue weighted by molar-refractivity contribution is 0.228. The molecule has 1 fully saturated rings. The molecule has 0 spiro atoms. The normalized spacial score (nSPS) is 37.4. The van der Waals surface area contributed by atoms with Gasteiger partial charge < -0.3 is 4.90 Å². The number of likely N-dealkylation sites (tertiary alicyclic amines) is 1. The van der Waals surface area contributed by atoms with E-state index in [0.717, 1.165) is 17.8 Å². The van der Waals surface area contributed by atoms with E-state index >= 15 is 0 Å². The summed E-state index contributed by atoms with van der Waals surface area (Å²) in [6.07, 6.45) is 2.78. The van der Waals surface area contributed by atoms with E-state index in [4.69, 9.17) is 0 Å². The van der Waals surface area contributed by atoms with Gasteiger partial charge in [0, 0.05) is 13.1 Å². The molecule has 3 atom stereocenters. The second-order valence-corrected chi connectivity index (χ2v) is 4.84. The Labute approximate surface area is 83.5 Å². The van der Waals surface area contributed by atoms with E-state index in [1.807, 2.05) is 0 Å². The molecule has 0 aliphatic carbocycles. The van der Waals surface area contributed by atoms with E-state index in [2.05, 4.69) is 32.6 Å². The first-order chi connectivity index (χ1) is 6.17. The van der Waals surface area contributed by atoms with Gasteiger partial charge in [-0.15, -0.1) is 0 Å². The first-order valence-electron chi connectivity index (χ1n) is 5.89. The van der Waals surface area contributed by atoms with Crippen LogP contribution in [-0.4, -0.2) is 24.5 Å². The van der Waals surface area contributed by atoms with Gasteiger partial charge >= 0.3 is 0 Å². The van der Waals surface area contributed by atoms with Gasteiger partial charge in [0.1, 0.15) is 0 Å². The van der Waals surface area contributed by atoms with Crippen LogP contribution in [0.1, 0.15) is 40.5 Å². The van der Waals surface area contributed by atoms with E-state index in [1.165, 1.54) is 32.5 Å². The Kier molecular flexibility index (Phi) is 4.24. The van der Waals surface area contributed by atoms with Crippen molar-refractivity contribution in [2.45, 2.75) is 40.5 Å². The smallest absolute Gasteiger partial charge is 0.00121 e. The average Bonchev–Trinajstić information content (AvgIpc) is 2.23. The standard InChI is InChI=1S/C12H25N/c1-5-12-9-13(6-2)8-10(3)7-11(12)4/h10-12H,5-9H2,1-4H3. The SMILES string of the molecule is CCC1CN(CC)CC(C)CC1C.